The molecule has 1 amide bonds. The van der Waals surface area contributed by atoms with Crippen molar-refractivity contribution in [1.29, 1.82) is 0 Å². The maximum atomic E-state index is 13.1. The number of carbonyl (C=O) groups is 1. The van der Waals surface area contributed by atoms with Gasteiger partial charge in [-0.3, -0.25) is 24.3 Å². The number of para-hydroxylation sites is 1. The smallest absolute Gasteiger partial charge is 0.293 e. The molecule has 0 aliphatic rings. The number of nitrogens with zero attached hydrogens (tertiary/aromatic N) is 3. The highest BCUT2D eigenvalue weighted by Gasteiger charge is 2.18. The van der Waals surface area contributed by atoms with Crippen LogP contribution in [-0.4, -0.2) is 38.8 Å². The van der Waals surface area contributed by atoms with Crippen LogP contribution in [0.5, 0.6) is 0 Å². The Balaban J connectivity index is 1.78. The lowest BCUT2D eigenvalue weighted by atomic mass is 10.2. The lowest BCUT2D eigenvalue weighted by molar-refractivity contribution is -0.384. The van der Waals surface area contributed by atoms with Crippen LogP contribution in [-0.2, 0) is 16.1 Å². The summed E-state index contributed by atoms with van der Waals surface area (Å²) in [6.45, 7) is 6.53. The van der Waals surface area contributed by atoms with E-state index >= 15 is 0 Å². The number of nitro benzene ring substituents is 1. The van der Waals surface area contributed by atoms with Crippen LogP contribution in [0.1, 0.15) is 25.8 Å². The standard InChI is InChI=1S/C23H26N4O5S/c1-15(2)32-12-6-11-26-22(29)17-7-4-5-8-18(17)25-23(26)33-14-21(28)24-19-10-9-16(3)13-20(19)27(30)31/h4-5,7-10,13,15H,6,11-12,14H2,1-3H3,(H,24,28). The van der Waals surface area contributed by atoms with Crippen LogP contribution in [0.3, 0.4) is 0 Å². The highest BCUT2D eigenvalue weighted by molar-refractivity contribution is 7.99. The van der Waals surface area contributed by atoms with Gasteiger partial charge in [0.2, 0.25) is 5.91 Å². The fraction of sp³-hybridized carbons (Fsp3) is 0.348. The Bertz CT molecular complexity index is 1230. The van der Waals surface area contributed by atoms with Crippen molar-refractivity contribution in [2.45, 2.75) is 45.0 Å². The number of aryl methyl sites for hydroxylation is 1. The monoisotopic (exact) mass is 470 g/mol. The number of fused-ring (bicyclic) bond motifs is 1. The average Bonchev–Trinajstić information content (AvgIpc) is 2.77. The highest BCUT2D eigenvalue weighted by Crippen LogP contribution is 2.26. The van der Waals surface area contributed by atoms with Gasteiger partial charge in [0.05, 0.1) is 27.7 Å². The molecule has 0 bridgehead atoms. The molecule has 33 heavy (non-hydrogen) atoms. The molecule has 0 fully saturated rings. The summed E-state index contributed by atoms with van der Waals surface area (Å²) in [5.74, 6) is -0.484. The Morgan fingerprint density at radius 2 is 2.03 bits per heavy atom. The Hall–Kier alpha value is -3.24. The third kappa shape index (κ3) is 6.39. The van der Waals surface area contributed by atoms with Crippen molar-refractivity contribution in [2.75, 3.05) is 17.7 Å². The molecule has 0 aliphatic heterocycles. The van der Waals surface area contributed by atoms with Crippen LogP contribution in [0.2, 0.25) is 0 Å². The number of nitrogens with one attached hydrogen (secondary N) is 1. The topological polar surface area (TPSA) is 116 Å². The summed E-state index contributed by atoms with van der Waals surface area (Å²) in [7, 11) is 0. The van der Waals surface area contributed by atoms with Crippen molar-refractivity contribution < 1.29 is 14.5 Å². The van der Waals surface area contributed by atoms with E-state index in [-0.39, 0.29) is 28.8 Å². The lowest BCUT2D eigenvalue weighted by Crippen LogP contribution is -2.25. The van der Waals surface area contributed by atoms with Crippen LogP contribution in [0.15, 0.2) is 52.4 Å². The molecule has 2 aromatic carbocycles. The number of thioether (sulfide) groups is 1. The van der Waals surface area contributed by atoms with E-state index in [0.29, 0.717) is 35.6 Å². The number of aromatic nitrogens is 2. The Labute approximate surface area is 195 Å². The quantitative estimate of drug-likeness (QED) is 0.155. The van der Waals surface area contributed by atoms with Crippen molar-refractivity contribution in [3.8, 4) is 0 Å². The van der Waals surface area contributed by atoms with Crippen LogP contribution >= 0.6 is 11.8 Å². The van der Waals surface area contributed by atoms with Gasteiger partial charge in [0.1, 0.15) is 5.69 Å². The zero-order valence-corrected chi connectivity index (χ0v) is 19.6. The van der Waals surface area contributed by atoms with E-state index in [1.54, 1.807) is 41.8 Å². The first-order valence-electron chi connectivity index (χ1n) is 10.5. The number of ether oxygens (including phenoxy) is 1. The fourth-order valence-electron chi connectivity index (χ4n) is 3.21. The van der Waals surface area contributed by atoms with E-state index in [1.807, 2.05) is 13.8 Å². The zero-order chi connectivity index (χ0) is 24.0. The summed E-state index contributed by atoms with van der Waals surface area (Å²) in [6, 6.07) is 11.7. The number of amides is 1. The first kappa shape index (κ1) is 24.4. The second-order valence-electron chi connectivity index (χ2n) is 7.76. The molecular formula is C23H26N4O5S. The van der Waals surface area contributed by atoms with Gasteiger partial charge in [-0.25, -0.2) is 4.98 Å². The predicted molar refractivity (Wildman–Crippen MR) is 129 cm³/mol. The van der Waals surface area contributed by atoms with Crippen molar-refractivity contribution in [3.05, 3.63) is 68.5 Å². The molecule has 0 unspecified atom stereocenters. The largest absolute Gasteiger partial charge is 0.379 e. The molecule has 1 N–H and O–H groups in total. The van der Waals surface area contributed by atoms with E-state index in [4.69, 9.17) is 4.74 Å². The number of rotatable bonds is 10. The van der Waals surface area contributed by atoms with E-state index in [0.717, 1.165) is 17.3 Å². The predicted octanol–water partition coefficient (Wildman–Crippen LogP) is 4.16. The van der Waals surface area contributed by atoms with Gasteiger partial charge in [0.25, 0.3) is 11.2 Å². The number of benzene rings is 2. The van der Waals surface area contributed by atoms with Gasteiger partial charge in [0, 0.05) is 19.2 Å². The van der Waals surface area contributed by atoms with Gasteiger partial charge in [-0.05, 0) is 51.0 Å². The third-order valence-electron chi connectivity index (χ3n) is 4.76. The molecule has 0 saturated heterocycles. The Kier molecular flexibility index (Phi) is 8.18. The molecule has 0 radical (unpaired) electrons. The summed E-state index contributed by atoms with van der Waals surface area (Å²) in [5, 5.41) is 14.8. The SMILES string of the molecule is Cc1ccc(NC(=O)CSc2nc3ccccc3c(=O)n2CCCOC(C)C)c([N+](=O)[O-])c1. The molecule has 0 spiro atoms. The molecule has 3 aromatic rings. The molecule has 10 heteroatoms. The van der Waals surface area contributed by atoms with Crippen LogP contribution in [0.25, 0.3) is 10.9 Å². The molecule has 0 aliphatic carbocycles. The third-order valence-corrected chi connectivity index (χ3v) is 5.74. The summed E-state index contributed by atoms with van der Waals surface area (Å²) < 4.78 is 7.13. The summed E-state index contributed by atoms with van der Waals surface area (Å²) >= 11 is 1.11. The highest BCUT2D eigenvalue weighted by atomic mass is 32.2. The second-order valence-corrected chi connectivity index (χ2v) is 8.70. The van der Waals surface area contributed by atoms with Crippen LogP contribution in [0, 0.1) is 17.0 Å². The molecule has 0 atom stereocenters. The summed E-state index contributed by atoms with van der Waals surface area (Å²) in [5.41, 5.74) is 1.06. The number of nitro groups is 1. The molecule has 1 aromatic heterocycles. The number of anilines is 1. The van der Waals surface area contributed by atoms with Crippen molar-refractivity contribution in [2.24, 2.45) is 0 Å². The fourth-order valence-corrected chi connectivity index (χ4v) is 4.04. The van der Waals surface area contributed by atoms with Crippen molar-refractivity contribution >= 4 is 39.9 Å². The van der Waals surface area contributed by atoms with E-state index in [9.17, 15) is 19.7 Å². The van der Waals surface area contributed by atoms with E-state index in [1.165, 1.54) is 12.1 Å². The minimum Gasteiger partial charge on any atom is -0.379 e. The van der Waals surface area contributed by atoms with Gasteiger partial charge < -0.3 is 10.1 Å². The number of hydrogen-bond acceptors (Lipinski definition) is 7. The van der Waals surface area contributed by atoms with Crippen LogP contribution in [0.4, 0.5) is 11.4 Å². The Morgan fingerprint density at radius 1 is 1.27 bits per heavy atom. The number of hydrogen-bond donors (Lipinski definition) is 1. The molecule has 3 rings (SSSR count). The van der Waals surface area contributed by atoms with Gasteiger partial charge in [0.15, 0.2) is 5.16 Å². The van der Waals surface area contributed by atoms with Gasteiger partial charge in [-0.2, -0.15) is 0 Å². The maximum absolute atomic E-state index is 13.1. The summed E-state index contributed by atoms with van der Waals surface area (Å²) in [6.07, 6.45) is 0.716. The first-order valence-corrected chi connectivity index (χ1v) is 11.5. The molecule has 0 saturated carbocycles. The minimum absolute atomic E-state index is 0.0572. The molecule has 1 heterocycles. The van der Waals surface area contributed by atoms with Crippen molar-refractivity contribution in [3.63, 3.8) is 0 Å². The van der Waals surface area contributed by atoms with Gasteiger partial charge >= 0.3 is 0 Å². The number of carbonyl (C=O) groups excluding carboxylic acids is 1. The van der Waals surface area contributed by atoms with Gasteiger partial charge in [-0.1, -0.05) is 30.0 Å². The maximum Gasteiger partial charge on any atom is 0.293 e. The summed E-state index contributed by atoms with van der Waals surface area (Å²) in [4.78, 5) is 41.0. The molecule has 9 nitrogen and oxygen atoms in total. The van der Waals surface area contributed by atoms with Crippen LogP contribution < -0.4 is 10.9 Å². The van der Waals surface area contributed by atoms with E-state index < -0.39 is 10.8 Å². The average molecular weight is 471 g/mol. The molecule has 174 valence electrons. The first-order chi connectivity index (χ1) is 15.8. The lowest BCUT2D eigenvalue weighted by Gasteiger charge is -2.14. The second kappa shape index (κ2) is 11.1. The minimum atomic E-state index is -0.530. The Morgan fingerprint density at radius 3 is 2.76 bits per heavy atom. The normalized spacial score (nSPS) is 11.2. The van der Waals surface area contributed by atoms with E-state index in [2.05, 4.69) is 10.3 Å². The zero-order valence-electron chi connectivity index (χ0n) is 18.7. The van der Waals surface area contributed by atoms with Crippen molar-refractivity contribution in [1.82, 2.24) is 9.55 Å². The van der Waals surface area contributed by atoms with Gasteiger partial charge in [-0.15, -0.1) is 0 Å². The molecular weight excluding hydrogens is 444 g/mol.